The van der Waals surface area contributed by atoms with Crippen molar-refractivity contribution in [2.24, 2.45) is 18.0 Å². The van der Waals surface area contributed by atoms with Crippen LogP contribution in [-0.4, -0.2) is 53.9 Å². The van der Waals surface area contributed by atoms with Gasteiger partial charge in [-0.1, -0.05) is 32.1 Å². The molecule has 1 saturated heterocycles. The Morgan fingerprint density at radius 3 is 2.85 bits per heavy atom. The first-order chi connectivity index (χ1) is 12.3. The van der Waals surface area contributed by atoms with E-state index >= 15 is 0 Å². The molecule has 0 aromatic carbocycles. The van der Waals surface area contributed by atoms with Gasteiger partial charge in [-0.3, -0.25) is 9.67 Å². The van der Waals surface area contributed by atoms with Crippen molar-refractivity contribution in [2.75, 3.05) is 33.3 Å². The van der Waals surface area contributed by atoms with Gasteiger partial charge >= 0.3 is 0 Å². The van der Waals surface area contributed by atoms with Crippen molar-refractivity contribution >= 4 is 29.9 Å². The summed E-state index contributed by atoms with van der Waals surface area (Å²) >= 11 is 0. The maximum atomic E-state index is 5.93. The summed E-state index contributed by atoms with van der Waals surface area (Å²) in [5, 5.41) is 7.81. The number of aromatic nitrogens is 2. The van der Waals surface area contributed by atoms with Crippen LogP contribution in [0.1, 0.15) is 56.6 Å². The molecule has 1 unspecified atom stereocenters. The first kappa shape index (κ1) is 21.5. The molecule has 1 aromatic rings. The van der Waals surface area contributed by atoms with E-state index in [-0.39, 0.29) is 30.1 Å². The Morgan fingerprint density at radius 1 is 1.35 bits per heavy atom. The summed E-state index contributed by atoms with van der Waals surface area (Å²) < 4.78 is 7.76. The quantitative estimate of drug-likeness (QED) is 0.307. The van der Waals surface area contributed by atoms with Gasteiger partial charge in [0.15, 0.2) is 5.96 Å². The van der Waals surface area contributed by atoms with Gasteiger partial charge in [0.25, 0.3) is 0 Å². The molecule has 2 aliphatic rings. The molecular weight excluding hydrogens is 441 g/mol. The Balaban J connectivity index is 0.00000243. The Kier molecular flexibility index (Phi) is 9.18. The van der Waals surface area contributed by atoms with Gasteiger partial charge in [-0.15, -0.1) is 24.0 Å². The van der Waals surface area contributed by atoms with Gasteiger partial charge in [0.1, 0.15) is 6.10 Å². The van der Waals surface area contributed by atoms with E-state index in [1.54, 1.807) is 0 Å². The standard InChI is InChI=1S/C19H33N5O.HI/c1-20-19(21-10-6-9-16-7-4-3-5-8-16)24-11-12-25-18(15-24)17-13-22-23(2)14-17;/h13-14,16,18H,3-12,15H2,1-2H3,(H,20,21);1H. The summed E-state index contributed by atoms with van der Waals surface area (Å²) in [7, 11) is 3.81. The summed E-state index contributed by atoms with van der Waals surface area (Å²) in [5.41, 5.74) is 1.14. The minimum absolute atomic E-state index is 0. The van der Waals surface area contributed by atoms with E-state index < -0.39 is 0 Å². The number of halogens is 1. The van der Waals surface area contributed by atoms with E-state index in [1.165, 1.54) is 44.9 Å². The molecule has 1 saturated carbocycles. The van der Waals surface area contributed by atoms with Crippen LogP contribution >= 0.6 is 24.0 Å². The number of aliphatic imine (C=N–C) groups is 1. The average molecular weight is 475 g/mol. The summed E-state index contributed by atoms with van der Waals surface area (Å²) in [4.78, 5) is 6.79. The molecule has 2 fully saturated rings. The highest BCUT2D eigenvalue weighted by Gasteiger charge is 2.25. The maximum Gasteiger partial charge on any atom is 0.193 e. The first-order valence-electron chi connectivity index (χ1n) is 9.82. The van der Waals surface area contributed by atoms with Crippen LogP contribution in [0.15, 0.2) is 17.4 Å². The van der Waals surface area contributed by atoms with Crippen molar-refractivity contribution in [1.29, 1.82) is 0 Å². The van der Waals surface area contributed by atoms with Crippen LogP contribution in [0.5, 0.6) is 0 Å². The second-order valence-corrected chi connectivity index (χ2v) is 7.37. The van der Waals surface area contributed by atoms with E-state index in [0.29, 0.717) is 0 Å². The number of hydrogen-bond acceptors (Lipinski definition) is 3. The van der Waals surface area contributed by atoms with Crippen molar-refractivity contribution in [3.63, 3.8) is 0 Å². The zero-order valence-electron chi connectivity index (χ0n) is 16.2. The van der Waals surface area contributed by atoms with E-state index in [4.69, 9.17) is 4.74 Å². The van der Waals surface area contributed by atoms with Crippen molar-refractivity contribution in [3.05, 3.63) is 18.0 Å². The second kappa shape index (κ2) is 11.1. The Bertz CT molecular complexity index is 556. The van der Waals surface area contributed by atoms with Gasteiger partial charge < -0.3 is 15.0 Å². The summed E-state index contributed by atoms with van der Waals surface area (Å²) in [6, 6.07) is 0. The molecule has 0 radical (unpaired) electrons. The Hall–Kier alpha value is -0.830. The number of morpholine rings is 1. The molecule has 2 heterocycles. The average Bonchev–Trinajstić information content (AvgIpc) is 3.09. The first-order valence-corrected chi connectivity index (χ1v) is 9.82. The zero-order chi connectivity index (χ0) is 17.5. The smallest absolute Gasteiger partial charge is 0.193 e. The topological polar surface area (TPSA) is 54.7 Å². The zero-order valence-corrected chi connectivity index (χ0v) is 18.5. The lowest BCUT2D eigenvalue weighted by Gasteiger charge is -2.34. The molecule has 0 amide bonds. The molecule has 1 aliphatic carbocycles. The largest absolute Gasteiger partial charge is 0.370 e. The predicted octanol–water partition coefficient (Wildman–Crippen LogP) is 3.35. The third-order valence-electron chi connectivity index (χ3n) is 5.47. The molecule has 26 heavy (non-hydrogen) atoms. The predicted molar refractivity (Wildman–Crippen MR) is 116 cm³/mol. The normalized spacial score (nSPS) is 22.2. The van der Waals surface area contributed by atoms with Crippen LogP contribution in [0.3, 0.4) is 0 Å². The fourth-order valence-electron chi connectivity index (χ4n) is 4.05. The molecule has 1 aliphatic heterocycles. The van der Waals surface area contributed by atoms with Crippen LogP contribution in [-0.2, 0) is 11.8 Å². The molecule has 7 heteroatoms. The van der Waals surface area contributed by atoms with Gasteiger partial charge in [-0.25, -0.2) is 0 Å². The van der Waals surface area contributed by atoms with E-state index in [2.05, 4.69) is 20.3 Å². The number of nitrogens with one attached hydrogen (secondary N) is 1. The van der Waals surface area contributed by atoms with Crippen LogP contribution in [0.4, 0.5) is 0 Å². The number of aryl methyl sites for hydroxylation is 1. The van der Waals surface area contributed by atoms with E-state index in [9.17, 15) is 0 Å². The lowest BCUT2D eigenvalue weighted by molar-refractivity contribution is -0.00802. The third kappa shape index (κ3) is 6.11. The SMILES string of the molecule is CN=C(NCCCC1CCCCC1)N1CCOC(c2cnn(C)c2)C1.I. The molecule has 3 rings (SSSR count). The minimum Gasteiger partial charge on any atom is -0.370 e. The van der Waals surface area contributed by atoms with Gasteiger partial charge in [-0.2, -0.15) is 5.10 Å². The highest BCUT2D eigenvalue weighted by molar-refractivity contribution is 14.0. The summed E-state index contributed by atoms with van der Waals surface area (Å²) in [6.07, 6.45) is 13.8. The van der Waals surface area contributed by atoms with Gasteiger partial charge in [0, 0.05) is 38.9 Å². The highest BCUT2D eigenvalue weighted by atomic mass is 127. The van der Waals surface area contributed by atoms with Crippen molar-refractivity contribution in [1.82, 2.24) is 20.0 Å². The molecule has 6 nitrogen and oxygen atoms in total. The molecule has 148 valence electrons. The van der Waals surface area contributed by atoms with Crippen LogP contribution in [0, 0.1) is 5.92 Å². The Morgan fingerprint density at radius 2 is 2.15 bits per heavy atom. The lowest BCUT2D eigenvalue weighted by Crippen LogP contribution is -2.48. The second-order valence-electron chi connectivity index (χ2n) is 7.37. The van der Waals surface area contributed by atoms with Crippen LogP contribution in [0.2, 0.25) is 0 Å². The lowest BCUT2D eigenvalue weighted by atomic mass is 9.86. The van der Waals surface area contributed by atoms with Gasteiger partial charge in [0.2, 0.25) is 0 Å². The molecule has 0 spiro atoms. The fourth-order valence-corrected chi connectivity index (χ4v) is 4.05. The van der Waals surface area contributed by atoms with Crippen molar-refractivity contribution in [3.8, 4) is 0 Å². The van der Waals surface area contributed by atoms with Crippen LogP contribution < -0.4 is 5.32 Å². The highest BCUT2D eigenvalue weighted by Crippen LogP contribution is 2.27. The number of ether oxygens (including phenoxy) is 1. The monoisotopic (exact) mass is 475 g/mol. The molecule has 1 N–H and O–H groups in total. The van der Waals surface area contributed by atoms with Gasteiger partial charge in [-0.05, 0) is 18.8 Å². The maximum absolute atomic E-state index is 5.93. The van der Waals surface area contributed by atoms with E-state index in [0.717, 1.165) is 43.7 Å². The summed E-state index contributed by atoms with van der Waals surface area (Å²) in [5.74, 6) is 1.96. The number of nitrogens with zero attached hydrogens (tertiary/aromatic N) is 4. The van der Waals surface area contributed by atoms with Crippen LogP contribution in [0.25, 0.3) is 0 Å². The molecule has 1 aromatic heterocycles. The Labute approximate surface area is 174 Å². The van der Waals surface area contributed by atoms with Crippen molar-refractivity contribution in [2.45, 2.75) is 51.0 Å². The van der Waals surface area contributed by atoms with Gasteiger partial charge in [0.05, 0.1) is 19.3 Å². The van der Waals surface area contributed by atoms with Crippen molar-refractivity contribution < 1.29 is 4.74 Å². The number of hydrogen-bond donors (Lipinski definition) is 1. The van der Waals surface area contributed by atoms with E-state index in [1.807, 2.05) is 31.2 Å². The summed E-state index contributed by atoms with van der Waals surface area (Å²) in [6.45, 7) is 3.45. The molecular formula is C19H34IN5O. The number of rotatable bonds is 5. The third-order valence-corrected chi connectivity index (χ3v) is 5.47. The number of guanidine groups is 1. The molecule has 1 atom stereocenters. The fraction of sp³-hybridized carbons (Fsp3) is 0.789. The molecule has 0 bridgehead atoms. The minimum atomic E-state index is 0.